The van der Waals surface area contributed by atoms with Crippen LogP contribution >= 0.6 is 15.9 Å². The molecule has 0 saturated heterocycles. The molecule has 0 radical (unpaired) electrons. The molecule has 0 fully saturated rings. The van der Waals surface area contributed by atoms with Crippen molar-refractivity contribution in [3.05, 3.63) is 28.7 Å². The summed E-state index contributed by atoms with van der Waals surface area (Å²) in [5.74, 6) is -0.306. The zero-order valence-electron chi connectivity index (χ0n) is 7.96. The minimum absolute atomic E-state index is 0.306. The normalized spacial score (nSPS) is 11.5. The molecule has 0 unspecified atom stereocenters. The van der Waals surface area contributed by atoms with E-state index in [0.29, 0.717) is 6.04 Å². The van der Waals surface area contributed by atoms with Gasteiger partial charge in [0.15, 0.2) is 0 Å². The Bertz CT molecular complexity index is 476. The van der Waals surface area contributed by atoms with E-state index in [9.17, 15) is 4.39 Å². The molecule has 0 saturated carbocycles. The van der Waals surface area contributed by atoms with E-state index < -0.39 is 0 Å². The van der Waals surface area contributed by atoms with Gasteiger partial charge in [0, 0.05) is 22.1 Å². The van der Waals surface area contributed by atoms with Crippen LogP contribution in [0.5, 0.6) is 0 Å². The molecule has 0 aromatic carbocycles. The highest BCUT2D eigenvalue weighted by Gasteiger charge is 2.10. The first kappa shape index (κ1) is 9.65. The predicted octanol–water partition coefficient (Wildman–Crippen LogP) is 3.52. The summed E-state index contributed by atoms with van der Waals surface area (Å²) in [6, 6.07) is 1.81. The van der Waals surface area contributed by atoms with Crippen molar-refractivity contribution in [3.8, 4) is 0 Å². The standard InChI is InChI=1S/C10H10BrFN2/c1-6(2)14-5-9(11)8-3-7(12)4-13-10(8)14/h3-6H,1-2H3. The van der Waals surface area contributed by atoms with E-state index in [1.165, 1.54) is 12.3 Å². The Labute approximate surface area is 89.9 Å². The summed E-state index contributed by atoms with van der Waals surface area (Å²) in [6.45, 7) is 4.13. The van der Waals surface area contributed by atoms with Crippen LogP contribution in [0.25, 0.3) is 11.0 Å². The second-order valence-electron chi connectivity index (χ2n) is 3.50. The van der Waals surface area contributed by atoms with Gasteiger partial charge in [-0.2, -0.15) is 0 Å². The quantitative estimate of drug-likeness (QED) is 0.764. The number of hydrogen-bond donors (Lipinski definition) is 0. The van der Waals surface area contributed by atoms with Gasteiger partial charge in [-0.15, -0.1) is 0 Å². The molecule has 2 aromatic rings. The minimum atomic E-state index is -0.306. The van der Waals surface area contributed by atoms with E-state index in [1.807, 2.05) is 10.8 Å². The topological polar surface area (TPSA) is 17.8 Å². The minimum Gasteiger partial charge on any atom is -0.329 e. The molecule has 0 aliphatic heterocycles. The first-order valence-corrected chi connectivity index (χ1v) is 5.20. The lowest BCUT2D eigenvalue weighted by atomic mass is 10.3. The van der Waals surface area contributed by atoms with Crippen molar-refractivity contribution in [2.24, 2.45) is 0 Å². The van der Waals surface area contributed by atoms with Crippen molar-refractivity contribution in [3.63, 3.8) is 0 Å². The summed E-state index contributed by atoms with van der Waals surface area (Å²) in [6.07, 6.45) is 3.18. The number of rotatable bonds is 1. The first-order chi connectivity index (χ1) is 6.59. The van der Waals surface area contributed by atoms with Crippen LogP contribution in [-0.4, -0.2) is 9.55 Å². The van der Waals surface area contributed by atoms with Gasteiger partial charge in [0.1, 0.15) is 11.5 Å². The number of pyridine rings is 1. The van der Waals surface area contributed by atoms with E-state index in [1.54, 1.807) is 0 Å². The molecule has 0 bridgehead atoms. The van der Waals surface area contributed by atoms with Crippen molar-refractivity contribution in [1.82, 2.24) is 9.55 Å². The highest BCUT2D eigenvalue weighted by molar-refractivity contribution is 9.10. The Morgan fingerprint density at radius 2 is 2.21 bits per heavy atom. The van der Waals surface area contributed by atoms with Gasteiger partial charge in [-0.05, 0) is 35.8 Å². The van der Waals surface area contributed by atoms with Gasteiger partial charge in [-0.25, -0.2) is 9.37 Å². The highest BCUT2D eigenvalue weighted by Crippen LogP contribution is 2.27. The molecule has 0 atom stereocenters. The van der Waals surface area contributed by atoms with Crippen LogP contribution in [0.3, 0.4) is 0 Å². The summed E-state index contributed by atoms with van der Waals surface area (Å²) >= 11 is 3.39. The van der Waals surface area contributed by atoms with Crippen LogP contribution in [0.2, 0.25) is 0 Å². The molecule has 4 heteroatoms. The van der Waals surface area contributed by atoms with Crippen molar-refractivity contribution < 1.29 is 4.39 Å². The molecule has 2 heterocycles. The van der Waals surface area contributed by atoms with Crippen LogP contribution in [0.4, 0.5) is 4.39 Å². The van der Waals surface area contributed by atoms with Gasteiger partial charge >= 0.3 is 0 Å². The van der Waals surface area contributed by atoms with Gasteiger partial charge < -0.3 is 4.57 Å². The van der Waals surface area contributed by atoms with Crippen LogP contribution in [0.15, 0.2) is 22.9 Å². The summed E-state index contributed by atoms with van der Waals surface area (Å²) in [4.78, 5) is 4.08. The number of nitrogens with zero attached hydrogens (tertiary/aromatic N) is 2. The maximum Gasteiger partial charge on any atom is 0.142 e. The average Bonchev–Trinajstić information content (AvgIpc) is 2.44. The molecule has 0 aliphatic carbocycles. The van der Waals surface area contributed by atoms with Crippen LogP contribution < -0.4 is 0 Å². The van der Waals surface area contributed by atoms with Crippen LogP contribution in [0.1, 0.15) is 19.9 Å². The van der Waals surface area contributed by atoms with Crippen molar-refractivity contribution in [1.29, 1.82) is 0 Å². The highest BCUT2D eigenvalue weighted by atomic mass is 79.9. The van der Waals surface area contributed by atoms with Crippen molar-refractivity contribution in [2.75, 3.05) is 0 Å². The Morgan fingerprint density at radius 3 is 2.86 bits per heavy atom. The van der Waals surface area contributed by atoms with Crippen LogP contribution in [0, 0.1) is 5.82 Å². The Balaban J connectivity index is 2.77. The largest absolute Gasteiger partial charge is 0.329 e. The SMILES string of the molecule is CC(C)n1cc(Br)c2cc(F)cnc21. The number of hydrogen-bond acceptors (Lipinski definition) is 1. The predicted molar refractivity (Wildman–Crippen MR) is 57.8 cm³/mol. The molecule has 2 nitrogen and oxygen atoms in total. The van der Waals surface area contributed by atoms with Gasteiger partial charge in [0.2, 0.25) is 0 Å². The van der Waals surface area contributed by atoms with E-state index >= 15 is 0 Å². The summed E-state index contributed by atoms with van der Waals surface area (Å²) in [5.41, 5.74) is 0.813. The monoisotopic (exact) mass is 256 g/mol. The number of fused-ring (bicyclic) bond motifs is 1. The lowest BCUT2D eigenvalue weighted by Crippen LogP contribution is -1.99. The van der Waals surface area contributed by atoms with Gasteiger partial charge in [-0.3, -0.25) is 0 Å². The summed E-state index contributed by atoms with van der Waals surface area (Å²) < 4.78 is 15.8. The van der Waals surface area contributed by atoms with Gasteiger partial charge in [0.25, 0.3) is 0 Å². The molecule has 2 rings (SSSR count). The fourth-order valence-corrected chi connectivity index (χ4v) is 1.97. The van der Waals surface area contributed by atoms with E-state index in [4.69, 9.17) is 0 Å². The van der Waals surface area contributed by atoms with Gasteiger partial charge in [0.05, 0.1) is 6.20 Å². The van der Waals surface area contributed by atoms with Gasteiger partial charge in [-0.1, -0.05) is 0 Å². The Hall–Kier alpha value is -0.900. The lowest BCUT2D eigenvalue weighted by molar-refractivity contribution is 0.608. The molecule has 0 amide bonds. The summed E-state index contributed by atoms with van der Waals surface area (Å²) in [5, 5.41) is 0.818. The van der Waals surface area contributed by atoms with Crippen molar-refractivity contribution >= 4 is 27.0 Å². The third-order valence-electron chi connectivity index (χ3n) is 2.14. The molecular formula is C10H10BrFN2. The molecule has 74 valence electrons. The third kappa shape index (κ3) is 1.43. The Morgan fingerprint density at radius 1 is 1.50 bits per heavy atom. The van der Waals surface area contributed by atoms with E-state index in [2.05, 4.69) is 34.8 Å². The number of halogens is 2. The Kier molecular flexibility index (Phi) is 2.31. The molecule has 14 heavy (non-hydrogen) atoms. The maximum absolute atomic E-state index is 12.9. The second kappa shape index (κ2) is 3.35. The third-order valence-corrected chi connectivity index (χ3v) is 2.78. The molecule has 2 aromatic heterocycles. The first-order valence-electron chi connectivity index (χ1n) is 4.41. The lowest BCUT2D eigenvalue weighted by Gasteiger charge is -2.07. The molecule has 0 spiro atoms. The maximum atomic E-state index is 12.9. The molecule has 0 aliphatic rings. The molecule has 0 N–H and O–H groups in total. The number of aromatic nitrogens is 2. The molecular weight excluding hydrogens is 247 g/mol. The van der Waals surface area contributed by atoms with E-state index in [-0.39, 0.29) is 5.82 Å². The zero-order chi connectivity index (χ0) is 10.3. The summed E-state index contributed by atoms with van der Waals surface area (Å²) in [7, 11) is 0. The fourth-order valence-electron chi connectivity index (χ4n) is 1.46. The van der Waals surface area contributed by atoms with Crippen LogP contribution in [-0.2, 0) is 0 Å². The van der Waals surface area contributed by atoms with Crippen molar-refractivity contribution in [2.45, 2.75) is 19.9 Å². The van der Waals surface area contributed by atoms with E-state index in [0.717, 1.165) is 15.5 Å². The fraction of sp³-hybridized carbons (Fsp3) is 0.300. The second-order valence-corrected chi connectivity index (χ2v) is 4.36. The average molecular weight is 257 g/mol. The zero-order valence-corrected chi connectivity index (χ0v) is 9.55. The smallest absolute Gasteiger partial charge is 0.142 e.